The number of hydrogen-bond donors (Lipinski definition) is 1. The number of anilines is 1. The fourth-order valence-electron chi connectivity index (χ4n) is 1.59. The first-order valence-electron chi connectivity index (χ1n) is 5.33. The molecule has 1 aromatic heterocycles. The van der Waals surface area contributed by atoms with Crippen molar-refractivity contribution in [1.29, 1.82) is 0 Å². The normalized spacial score (nSPS) is 12.4. The minimum Gasteiger partial charge on any atom is -0.378 e. The predicted octanol–water partition coefficient (Wildman–Crippen LogP) is 5.41. The predicted molar refractivity (Wildman–Crippen MR) is 82.3 cm³/mol. The lowest BCUT2D eigenvalue weighted by atomic mass is 10.2. The minimum absolute atomic E-state index is 0.336. The van der Waals surface area contributed by atoms with Crippen molar-refractivity contribution in [3.8, 4) is 0 Å². The first kappa shape index (κ1) is 13.0. The second-order valence-electron chi connectivity index (χ2n) is 3.77. The SMILES string of the molecule is CSc1cccc(NC(C)c2cc(Br)cs2)c1. The molecule has 1 aromatic carbocycles. The molecule has 0 amide bonds. The quantitative estimate of drug-likeness (QED) is 0.754. The molecule has 0 aliphatic heterocycles. The van der Waals surface area contributed by atoms with E-state index in [9.17, 15) is 0 Å². The van der Waals surface area contributed by atoms with Gasteiger partial charge in [-0.2, -0.15) is 0 Å². The number of nitrogens with one attached hydrogen (secondary N) is 1. The largest absolute Gasteiger partial charge is 0.378 e. The van der Waals surface area contributed by atoms with Gasteiger partial charge in [0.05, 0.1) is 6.04 Å². The first-order valence-corrected chi connectivity index (χ1v) is 8.23. The van der Waals surface area contributed by atoms with Gasteiger partial charge in [0.25, 0.3) is 0 Å². The number of thiophene rings is 1. The van der Waals surface area contributed by atoms with Crippen LogP contribution in [0.3, 0.4) is 0 Å². The minimum atomic E-state index is 0.336. The summed E-state index contributed by atoms with van der Waals surface area (Å²) in [6.45, 7) is 2.18. The molecule has 2 aromatic rings. The van der Waals surface area contributed by atoms with E-state index < -0.39 is 0 Å². The standard InChI is InChI=1S/C13H14BrNS2/c1-9(13-6-10(14)8-17-13)15-11-4-3-5-12(7-11)16-2/h3-9,15H,1-2H3. The summed E-state index contributed by atoms with van der Waals surface area (Å²) < 4.78 is 1.16. The highest BCUT2D eigenvalue weighted by atomic mass is 79.9. The molecule has 0 radical (unpaired) electrons. The summed E-state index contributed by atoms with van der Waals surface area (Å²) in [6.07, 6.45) is 2.10. The van der Waals surface area contributed by atoms with Gasteiger partial charge in [-0.1, -0.05) is 6.07 Å². The second kappa shape index (κ2) is 5.94. The van der Waals surface area contributed by atoms with Crippen LogP contribution >= 0.6 is 39.0 Å². The van der Waals surface area contributed by atoms with Gasteiger partial charge in [-0.25, -0.2) is 0 Å². The van der Waals surface area contributed by atoms with Crippen LogP contribution in [-0.2, 0) is 0 Å². The summed E-state index contributed by atoms with van der Waals surface area (Å²) >= 11 is 7.03. The van der Waals surface area contributed by atoms with Crippen LogP contribution in [0.4, 0.5) is 5.69 Å². The van der Waals surface area contributed by atoms with Gasteiger partial charge in [0.2, 0.25) is 0 Å². The molecule has 0 spiro atoms. The topological polar surface area (TPSA) is 12.0 Å². The Morgan fingerprint density at radius 2 is 2.18 bits per heavy atom. The molecule has 90 valence electrons. The monoisotopic (exact) mass is 327 g/mol. The highest BCUT2D eigenvalue weighted by molar-refractivity contribution is 9.10. The van der Waals surface area contributed by atoms with Crippen LogP contribution in [0, 0.1) is 0 Å². The van der Waals surface area contributed by atoms with Crippen LogP contribution in [0.15, 0.2) is 45.1 Å². The van der Waals surface area contributed by atoms with Crippen molar-refractivity contribution in [3.05, 3.63) is 45.1 Å². The summed E-state index contributed by atoms with van der Waals surface area (Å²) in [6, 6.07) is 11.0. The zero-order chi connectivity index (χ0) is 12.3. The molecule has 1 heterocycles. The Hall–Kier alpha value is -0.450. The summed E-state index contributed by atoms with van der Waals surface area (Å²) in [5.74, 6) is 0. The molecular formula is C13H14BrNS2. The molecule has 4 heteroatoms. The van der Waals surface area contributed by atoms with Gasteiger partial charge >= 0.3 is 0 Å². The van der Waals surface area contributed by atoms with E-state index in [0.29, 0.717) is 6.04 Å². The molecule has 0 fully saturated rings. The maximum atomic E-state index is 3.52. The number of hydrogen-bond acceptors (Lipinski definition) is 3. The van der Waals surface area contributed by atoms with Gasteiger partial charge < -0.3 is 5.32 Å². The lowest BCUT2D eigenvalue weighted by molar-refractivity contribution is 0.906. The van der Waals surface area contributed by atoms with Crippen molar-refractivity contribution in [3.63, 3.8) is 0 Å². The Morgan fingerprint density at radius 3 is 2.82 bits per heavy atom. The van der Waals surface area contributed by atoms with E-state index in [1.54, 1.807) is 23.1 Å². The number of halogens is 1. The molecule has 1 N–H and O–H groups in total. The van der Waals surface area contributed by atoms with Gasteiger partial charge in [0, 0.05) is 25.3 Å². The molecule has 0 bridgehead atoms. The maximum Gasteiger partial charge on any atom is 0.0578 e. The fraction of sp³-hybridized carbons (Fsp3) is 0.231. The van der Waals surface area contributed by atoms with Crippen molar-refractivity contribution in [1.82, 2.24) is 0 Å². The van der Waals surface area contributed by atoms with Crippen LogP contribution in [0.2, 0.25) is 0 Å². The Bertz CT molecular complexity index is 496. The van der Waals surface area contributed by atoms with E-state index in [0.717, 1.165) is 4.47 Å². The Balaban J connectivity index is 2.09. The summed E-state index contributed by atoms with van der Waals surface area (Å²) in [4.78, 5) is 2.63. The average molecular weight is 328 g/mol. The summed E-state index contributed by atoms with van der Waals surface area (Å²) in [5, 5.41) is 5.64. The third kappa shape index (κ3) is 3.50. The molecule has 1 nitrogen and oxygen atoms in total. The summed E-state index contributed by atoms with van der Waals surface area (Å²) in [7, 11) is 0. The zero-order valence-electron chi connectivity index (χ0n) is 9.74. The highest BCUT2D eigenvalue weighted by Crippen LogP contribution is 2.28. The zero-order valence-corrected chi connectivity index (χ0v) is 13.0. The van der Waals surface area contributed by atoms with Crippen molar-refractivity contribution >= 4 is 44.7 Å². The third-order valence-electron chi connectivity index (χ3n) is 2.47. The lowest BCUT2D eigenvalue weighted by Crippen LogP contribution is -2.04. The molecule has 2 rings (SSSR count). The van der Waals surface area contributed by atoms with Gasteiger partial charge in [-0.05, 0) is 53.4 Å². The van der Waals surface area contributed by atoms with E-state index in [1.807, 2.05) is 0 Å². The van der Waals surface area contributed by atoms with Crippen LogP contribution < -0.4 is 5.32 Å². The van der Waals surface area contributed by atoms with Gasteiger partial charge in [0.15, 0.2) is 0 Å². The summed E-state index contributed by atoms with van der Waals surface area (Å²) in [5.41, 5.74) is 1.17. The molecule has 17 heavy (non-hydrogen) atoms. The Morgan fingerprint density at radius 1 is 1.35 bits per heavy atom. The Labute approximate surface area is 119 Å². The highest BCUT2D eigenvalue weighted by Gasteiger charge is 2.07. The van der Waals surface area contributed by atoms with E-state index in [2.05, 4.69) is 70.1 Å². The van der Waals surface area contributed by atoms with Crippen molar-refractivity contribution in [2.24, 2.45) is 0 Å². The number of rotatable bonds is 4. The first-order chi connectivity index (χ1) is 8.19. The van der Waals surface area contributed by atoms with Gasteiger partial charge in [-0.3, -0.25) is 0 Å². The van der Waals surface area contributed by atoms with Crippen LogP contribution in [0.25, 0.3) is 0 Å². The smallest absolute Gasteiger partial charge is 0.0578 e. The number of benzene rings is 1. The lowest BCUT2D eigenvalue weighted by Gasteiger charge is -2.14. The fourth-order valence-corrected chi connectivity index (χ4v) is 3.50. The molecule has 0 saturated heterocycles. The van der Waals surface area contributed by atoms with Crippen LogP contribution in [-0.4, -0.2) is 6.26 Å². The third-order valence-corrected chi connectivity index (χ3v) is 5.07. The van der Waals surface area contributed by atoms with Crippen LogP contribution in [0.1, 0.15) is 17.8 Å². The average Bonchev–Trinajstić information content (AvgIpc) is 2.76. The Kier molecular flexibility index (Phi) is 4.54. The van der Waals surface area contributed by atoms with E-state index >= 15 is 0 Å². The second-order valence-corrected chi connectivity index (χ2v) is 6.50. The number of thioether (sulfide) groups is 1. The van der Waals surface area contributed by atoms with Gasteiger partial charge in [0.1, 0.15) is 0 Å². The van der Waals surface area contributed by atoms with Crippen molar-refractivity contribution < 1.29 is 0 Å². The maximum absolute atomic E-state index is 3.52. The van der Waals surface area contributed by atoms with Crippen molar-refractivity contribution in [2.45, 2.75) is 17.9 Å². The van der Waals surface area contributed by atoms with E-state index in [1.165, 1.54) is 15.5 Å². The molecule has 0 aliphatic rings. The van der Waals surface area contributed by atoms with Crippen molar-refractivity contribution in [2.75, 3.05) is 11.6 Å². The van der Waals surface area contributed by atoms with E-state index in [-0.39, 0.29) is 0 Å². The molecule has 1 atom stereocenters. The van der Waals surface area contributed by atoms with Crippen LogP contribution in [0.5, 0.6) is 0 Å². The molecule has 0 saturated carbocycles. The molecule has 1 unspecified atom stereocenters. The molecular weight excluding hydrogens is 314 g/mol. The van der Waals surface area contributed by atoms with E-state index in [4.69, 9.17) is 0 Å². The molecule has 0 aliphatic carbocycles. The van der Waals surface area contributed by atoms with Gasteiger partial charge in [-0.15, -0.1) is 23.1 Å².